The van der Waals surface area contributed by atoms with Gasteiger partial charge in [-0.25, -0.2) is 0 Å². The smallest absolute Gasteiger partial charge is 0.255 e. The van der Waals surface area contributed by atoms with E-state index in [0.717, 1.165) is 11.4 Å². The zero-order valence-electron chi connectivity index (χ0n) is 23.5. The van der Waals surface area contributed by atoms with Gasteiger partial charge in [0.1, 0.15) is 28.6 Å². The van der Waals surface area contributed by atoms with E-state index in [2.05, 4.69) is 0 Å². The molecule has 2 aromatic rings. The van der Waals surface area contributed by atoms with E-state index in [9.17, 15) is 34.8 Å². The number of nitrogens with zero attached hydrogens (tertiary/aromatic N) is 2. The summed E-state index contributed by atoms with van der Waals surface area (Å²) in [6, 6.07) is 4.42. The quantitative estimate of drug-likeness (QED) is 0.311. The SMILES string of the molecule is CN(C)c1cc(CCCc2ccco2)c(O)c2c1C[C@H]1C[C@H]3[C@H](N(C)C)C(=O)C(C(N)=O)=C(O)[C@@]3(O)C(=O)C1=C2O. The standard InChI is InChI=1S/C30H35N3O8/c1-32(2)19-13-14(7-5-8-16-9-6-10-41-16)24(34)21-17(19)11-15-12-18-23(33(3)4)26(36)22(29(31)39)28(38)30(18,40)27(37)20(15)25(21)35/h6,9-10,13,15,18,23,34-35,38,40H,5,7-8,11-12H2,1-4H3,(H2,31,39)/t15-,18-,23-,30-/m0/s1. The lowest BCUT2D eigenvalue weighted by molar-refractivity contribution is -0.153. The Bertz CT molecular complexity index is 1500. The number of carbonyl (C=O) groups excluding carboxylic acids is 3. The van der Waals surface area contributed by atoms with E-state index in [1.165, 1.54) is 4.90 Å². The van der Waals surface area contributed by atoms with Gasteiger partial charge in [-0.05, 0) is 75.0 Å². The number of aromatic hydroxyl groups is 1. The summed E-state index contributed by atoms with van der Waals surface area (Å²) in [5.74, 6) is -5.75. The zero-order valence-corrected chi connectivity index (χ0v) is 23.5. The van der Waals surface area contributed by atoms with Crippen LogP contribution in [0.1, 0.15) is 35.3 Å². The molecule has 0 unspecified atom stereocenters. The van der Waals surface area contributed by atoms with Crippen molar-refractivity contribution in [3.05, 3.63) is 63.8 Å². The minimum absolute atomic E-state index is 0.0459. The lowest BCUT2D eigenvalue weighted by atomic mass is 9.57. The van der Waals surface area contributed by atoms with Crippen molar-refractivity contribution in [3.8, 4) is 5.75 Å². The van der Waals surface area contributed by atoms with Crippen LogP contribution in [0.3, 0.4) is 0 Å². The monoisotopic (exact) mass is 565 g/mol. The van der Waals surface area contributed by atoms with E-state index in [-0.39, 0.29) is 29.7 Å². The number of rotatable bonds is 7. The molecule has 6 N–H and O–H groups in total. The number of fused-ring (bicyclic) bond motifs is 3. The summed E-state index contributed by atoms with van der Waals surface area (Å²) in [6.45, 7) is 0. The third-order valence-corrected chi connectivity index (χ3v) is 8.71. The number of aryl methyl sites for hydroxylation is 2. The van der Waals surface area contributed by atoms with Crippen LogP contribution in [0.2, 0.25) is 0 Å². The van der Waals surface area contributed by atoms with E-state index in [0.29, 0.717) is 30.4 Å². The summed E-state index contributed by atoms with van der Waals surface area (Å²) in [6.07, 6.45) is 3.64. The number of nitrogens with two attached hydrogens (primary N) is 1. The molecule has 1 heterocycles. The first-order chi connectivity index (χ1) is 19.3. The molecular formula is C30H35N3O8. The van der Waals surface area contributed by atoms with Crippen molar-refractivity contribution in [1.82, 2.24) is 4.90 Å². The summed E-state index contributed by atoms with van der Waals surface area (Å²) in [4.78, 5) is 42.8. The van der Waals surface area contributed by atoms with Gasteiger partial charge in [0.15, 0.2) is 11.4 Å². The molecule has 1 amide bonds. The Morgan fingerprint density at radius 2 is 1.85 bits per heavy atom. The molecule has 0 bridgehead atoms. The first-order valence-electron chi connectivity index (χ1n) is 13.5. The van der Waals surface area contributed by atoms with Crippen molar-refractivity contribution < 1.29 is 39.2 Å². The molecule has 4 atom stereocenters. The number of amides is 1. The number of hydrogen-bond acceptors (Lipinski definition) is 10. The summed E-state index contributed by atoms with van der Waals surface area (Å²) >= 11 is 0. The van der Waals surface area contributed by atoms with Gasteiger partial charge in [0.05, 0.1) is 17.9 Å². The van der Waals surface area contributed by atoms with Crippen LogP contribution >= 0.6 is 0 Å². The molecule has 3 aliphatic carbocycles. The lowest BCUT2D eigenvalue weighted by Crippen LogP contribution is -2.65. The Labute approximate surface area is 237 Å². The number of aliphatic hydroxyl groups is 3. The summed E-state index contributed by atoms with van der Waals surface area (Å²) in [5.41, 5.74) is 3.79. The number of phenols is 1. The minimum Gasteiger partial charge on any atom is -0.508 e. The van der Waals surface area contributed by atoms with Crippen LogP contribution in [-0.2, 0) is 33.6 Å². The fourth-order valence-electron chi connectivity index (χ4n) is 6.84. The van der Waals surface area contributed by atoms with Crippen molar-refractivity contribution in [3.63, 3.8) is 0 Å². The Morgan fingerprint density at radius 3 is 2.44 bits per heavy atom. The number of phenolic OH excluding ortho intramolecular Hbond substituents is 1. The van der Waals surface area contributed by atoms with E-state index >= 15 is 0 Å². The highest BCUT2D eigenvalue weighted by atomic mass is 16.3. The first kappa shape index (κ1) is 28.4. The molecule has 41 heavy (non-hydrogen) atoms. The van der Waals surface area contributed by atoms with Crippen molar-refractivity contribution >= 4 is 28.9 Å². The average Bonchev–Trinajstić information content (AvgIpc) is 3.40. The number of aliphatic hydroxyl groups excluding tert-OH is 2. The van der Waals surface area contributed by atoms with E-state index in [4.69, 9.17) is 10.2 Å². The minimum atomic E-state index is -2.66. The average molecular weight is 566 g/mol. The van der Waals surface area contributed by atoms with Crippen molar-refractivity contribution in [2.75, 3.05) is 33.1 Å². The molecule has 1 fully saturated rings. The number of likely N-dealkylation sites (N-methyl/N-ethyl adjacent to an activating group) is 1. The molecule has 3 aliphatic rings. The highest BCUT2D eigenvalue weighted by molar-refractivity contribution is 6.24. The Hall–Kier alpha value is -4.09. The van der Waals surface area contributed by atoms with Crippen LogP contribution in [0, 0.1) is 11.8 Å². The molecule has 1 aromatic carbocycles. The van der Waals surface area contributed by atoms with Crippen molar-refractivity contribution in [2.45, 2.75) is 43.7 Å². The number of Topliss-reactive ketones (excluding diaryl/α,β-unsaturated/α-hetero) is 2. The Balaban J connectivity index is 1.64. The van der Waals surface area contributed by atoms with Crippen molar-refractivity contribution in [1.29, 1.82) is 0 Å². The first-order valence-corrected chi connectivity index (χ1v) is 13.5. The molecule has 5 rings (SSSR count). The maximum Gasteiger partial charge on any atom is 0.255 e. The molecule has 0 spiro atoms. The molecule has 1 aromatic heterocycles. The molecule has 218 valence electrons. The van der Waals surface area contributed by atoms with Gasteiger partial charge in [0.25, 0.3) is 5.91 Å². The normalized spacial score (nSPS) is 25.8. The number of carbonyl (C=O) groups is 3. The van der Waals surface area contributed by atoms with E-state index in [1.807, 2.05) is 31.1 Å². The molecule has 0 aliphatic heterocycles. The van der Waals surface area contributed by atoms with Gasteiger partial charge < -0.3 is 35.5 Å². The second-order valence-corrected chi connectivity index (χ2v) is 11.5. The number of ketones is 2. The number of anilines is 1. The van der Waals surface area contributed by atoms with Crippen molar-refractivity contribution in [2.24, 2.45) is 17.6 Å². The molecule has 0 saturated heterocycles. The molecule has 11 nitrogen and oxygen atoms in total. The van der Waals surface area contributed by atoms with Crippen LogP contribution in [0.4, 0.5) is 5.69 Å². The highest BCUT2D eigenvalue weighted by Gasteiger charge is 2.64. The second-order valence-electron chi connectivity index (χ2n) is 11.5. The topological polar surface area (TPSA) is 178 Å². The van der Waals surface area contributed by atoms with Gasteiger partial charge in [-0.1, -0.05) is 0 Å². The fourth-order valence-corrected chi connectivity index (χ4v) is 6.84. The van der Waals surface area contributed by atoms with Gasteiger partial charge >= 0.3 is 0 Å². The predicted octanol–water partition coefficient (Wildman–Crippen LogP) is 1.80. The second kappa shape index (κ2) is 10.1. The van der Waals surface area contributed by atoms with Gasteiger partial charge in [0, 0.05) is 37.7 Å². The van der Waals surface area contributed by atoms with Gasteiger partial charge in [-0.15, -0.1) is 0 Å². The van der Waals surface area contributed by atoms with Crippen LogP contribution in [0.5, 0.6) is 5.75 Å². The summed E-state index contributed by atoms with van der Waals surface area (Å²) in [7, 11) is 6.83. The number of benzene rings is 1. The zero-order chi connectivity index (χ0) is 30.0. The number of furan rings is 1. The maximum atomic E-state index is 14.1. The van der Waals surface area contributed by atoms with Gasteiger partial charge in [-0.3, -0.25) is 19.3 Å². The fraction of sp³-hybridized carbons (Fsp3) is 0.433. The largest absolute Gasteiger partial charge is 0.508 e. The Morgan fingerprint density at radius 1 is 1.15 bits per heavy atom. The van der Waals surface area contributed by atoms with Crippen LogP contribution in [0.15, 0.2) is 45.8 Å². The van der Waals surface area contributed by atoms with Gasteiger partial charge in [-0.2, -0.15) is 0 Å². The molecular weight excluding hydrogens is 530 g/mol. The summed E-state index contributed by atoms with van der Waals surface area (Å²) < 4.78 is 5.40. The van der Waals surface area contributed by atoms with Crippen LogP contribution in [0.25, 0.3) is 5.76 Å². The lowest BCUT2D eigenvalue weighted by Gasteiger charge is -2.50. The van der Waals surface area contributed by atoms with Crippen LogP contribution < -0.4 is 10.6 Å². The maximum absolute atomic E-state index is 14.1. The Kier molecular flexibility index (Phi) is 6.99. The van der Waals surface area contributed by atoms with E-state index < -0.39 is 58.0 Å². The highest BCUT2D eigenvalue weighted by Crippen LogP contribution is 2.54. The number of hydrogen-bond donors (Lipinski definition) is 5. The molecule has 1 saturated carbocycles. The summed E-state index contributed by atoms with van der Waals surface area (Å²) in [5, 5.41) is 45.8. The third-order valence-electron chi connectivity index (χ3n) is 8.71. The third kappa shape index (κ3) is 4.22. The molecule has 0 radical (unpaired) electrons. The molecule has 11 heteroatoms. The predicted molar refractivity (Wildman–Crippen MR) is 149 cm³/mol. The number of primary amides is 1. The van der Waals surface area contributed by atoms with E-state index in [1.54, 1.807) is 26.4 Å². The van der Waals surface area contributed by atoms with Gasteiger partial charge in [0.2, 0.25) is 5.78 Å². The van der Waals surface area contributed by atoms with Crippen LogP contribution in [-0.4, -0.2) is 82.6 Å².